The maximum atomic E-state index is 4.35. The summed E-state index contributed by atoms with van der Waals surface area (Å²) in [6, 6.07) is 0.555. The Kier molecular flexibility index (Phi) is 6.26. The lowest BCUT2D eigenvalue weighted by Gasteiger charge is -2.33. The molecule has 0 spiro atoms. The summed E-state index contributed by atoms with van der Waals surface area (Å²) in [5.41, 5.74) is 3.41. The van der Waals surface area contributed by atoms with Crippen molar-refractivity contribution in [3.8, 4) is 0 Å². The molecule has 0 aromatic carbocycles. The van der Waals surface area contributed by atoms with E-state index in [-0.39, 0.29) is 0 Å². The highest BCUT2D eigenvalue weighted by molar-refractivity contribution is 7.07. The lowest BCUT2D eigenvalue weighted by atomic mass is 9.86. The number of rotatable bonds is 8. The molecule has 0 fully saturated rings. The van der Waals surface area contributed by atoms with Crippen LogP contribution in [0.4, 0.5) is 0 Å². The summed E-state index contributed by atoms with van der Waals surface area (Å²) in [4.78, 5) is 6.72. The van der Waals surface area contributed by atoms with Gasteiger partial charge in [0.2, 0.25) is 0 Å². The fourth-order valence-corrected chi connectivity index (χ4v) is 2.59. The molecule has 4 heteroatoms. The zero-order chi connectivity index (χ0) is 13.6. The Balaban J connectivity index is 2.45. The molecule has 0 bridgehead atoms. The van der Waals surface area contributed by atoms with Gasteiger partial charge in [0, 0.05) is 31.1 Å². The molecule has 3 nitrogen and oxygen atoms in total. The number of thiazole rings is 1. The lowest BCUT2D eigenvalue weighted by Crippen LogP contribution is -2.42. The number of aromatic nitrogens is 1. The van der Waals surface area contributed by atoms with Crippen molar-refractivity contribution in [3.05, 3.63) is 16.6 Å². The van der Waals surface area contributed by atoms with Gasteiger partial charge in [-0.05, 0) is 18.9 Å². The van der Waals surface area contributed by atoms with E-state index in [9.17, 15) is 0 Å². The second kappa shape index (κ2) is 7.22. The Morgan fingerprint density at radius 3 is 2.72 bits per heavy atom. The van der Waals surface area contributed by atoms with Crippen LogP contribution in [0.3, 0.4) is 0 Å². The van der Waals surface area contributed by atoms with Crippen molar-refractivity contribution in [1.82, 2.24) is 15.2 Å². The molecule has 0 aliphatic carbocycles. The monoisotopic (exact) mass is 269 g/mol. The second-order valence-corrected chi connectivity index (χ2v) is 6.57. The molecule has 18 heavy (non-hydrogen) atoms. The fourth-order valence-electron chi connectivity index (χ4n) is 2.04. The molecule has 0 aliphatic heterocycles. The van der Waals surface area contributed by atoms with Crippen LogP contribution < -0.4 is 5.32 Å². The maximum absolute atomic E-state index is 4.35. The normalized spacial score (nSPS) is 15.3. The number of hydrogen-bond donors (Lipinski definition) is 1. The van der Waals surface area contributed by atoms with Crippen molar-refractivity contribution >= 4 is 11.3 Å². The average molecular weight is 269 g/mol. The second-order valence-electron chi connectivity index (χ2n) is 5.85. The summed E-state index contributed by atoms with van der Waals surface area (Å²) >= 11 is 1.67. The molecule has 104 valence electrons. The van der Waals surface area contributed by atoms with Crippen molar-refractivity contribution in [2.45, 2.75) is 46.7 Å². The van der Waals surface area contributed by atoms with E-state index in [1.54, 1.807) is 11.3 Å². The van der Waals surface area contributed by atoms with Crippen molar-refractivity contribution < 1.29 is 0 Å². The quantitative estimate of drug-likeness (QED) is 0.786. The van der Waals surface area contributed by atoms with Gasteiger partial charge < -0.3 is 5.32 Å². The molecule has 0 saturated heterocycles. The summed E-state index contributed by atoms with van der Waals surface area (Å²) in [6.45, 7) is 12.2. The molecule has 1 aromatic rings. The van der Waals surface area contributed by atoms with E-state index in [2.05, 4.69) is 55.3 Å². The molecular weight excluding hydrogens is 242 g/mol. The standard InChI is InChI=1S/C14H27N3S/c1-6-14(4,9-15-12(2)3)10-17(5)7-13-8-18-11-16-13/h8,11-12,15H,6-7,9-10H2,1-5H3. The molecule has 0 aliphatic rings. The van der Waals surface area contributed by atoms with Gasteiger partial charge in [-0.2, -0.15) is 0 Å². The first-order valence-corrected chi connectivity index (χ1v) is 7.68. The predicted octanol–water partition coefficient (Wildman–Crippen LogP) is 2.99. The summed E-state index contributed by atoms with van der Waals surface area (Å²) in [6.07, 6.45) is 1.19. The van der Waals surface area contributed by atoms with Crippen LogP contribution in [0.15, 0.2) is 10.9 Å². The predicted molar refractivity (Wildman–Crippen MR) is 80.0 cm³/mol. The van der Waals surface area contributed by atoms with Gasteiger partial charge in [-0.3, -0.25) is 4.90 Å². The average Bonchev–Trinajstić information content (AvgIpc) is 2.79. The molecule has 1 heterocycles. The summed E-state index contributed by atoms with van der Waals surface area (Å²) in [7, 11) is 2.18. The number of nitrogens with one attached hydrogen (secondary N) is 1. The minimum Gasteiger partial charge on any atom is -0.314 e. The van der Waals surface area contributed by atoms with Crippen LogP contribution >= 0.6 is 11.3 Å². The molecule has 1 N–H and O–H groups in total. The molecule has 1 aromatic heterocycles. The highest BCUT2D eigenvalue weighted by Gasteiger charge is 2.24. The summed E-state index contributed by atoms with van der Waals surface area (Å²) in [5.74, 6) is 0. The lowest BCUT2D eigenvalue weighted by molar-refractivity contribution is 0.171. The van der Waals surface area contributed by atoms with Gasteiger partial charge in [-0.25, -0.2) is 4.98 Å². The van der Waals surface area contributed by atoms with Crippen molar-refractivity contribution in [1.29, 1.82) is 0 Å². The van der Waals surface area contributed by atoms with Gasteiger partial charge in [0.1, 0.15) is 0 Å². The first-order chi connectivity index (χ1) is 8.45. The first-order valence-electron chi connectivity index (χ1n) is 6.74. The highest BCUT2D eigenvalue weighted by atomic mass is 32.1. The highest BCUT2D eigenvalue weighted by Crippen LogP contribution is 2.22. The van der Waals surface area contributed by atoms with E-state index < -0.39 is 0 Å². The van der Waals surface area contributed by atoms with Gasteiger partial charge in [0.25, 0.3) is 0 Å². The van der Waals surface area contributed by atoms with Crippen LogP contribution in [-0.4, -0.2) is 36.1 Å². The van der Waals surface area contributed by atoms with E-state index in [0.29, 0.717) is 11.5 Å². The Hall–Kier alpha value is -0.450. The molecule has 0 amide bonds. The maximum Gasteiger partial charge on any atom is 0.0795 e. The molecule has 1 rings (SSSR count). The summed E-state index contributed by atoms with van der Waals surface area (Å²) < 4.78 is 0. The van der Waals surface area contributed by atoms with Gasteiger partial charge >= 0.3 is 0 Å². The molecule has 0 radical (unpaired) electrons. The summed E-state index contributed by atoms with van der Waals surface area (Å²) in [5, 5.41) is 5.69. The Morgan fingerprint density at radius 2 is 2.22 bits per heavy atom. The zero-order valence-corrected chi connectivity index (χ0v) is 13.2. The number of hydrogen-bond acceptors (Lipinski definition) is 4. The van der Waals surface area contributed by atoms with E-state index in [0.717, 1.165) is 19.6 Å². The molecule has 1 atom stereocenters. The largest absolute Gasteiger partial charge is 0.314 e. The third kappa shape index (κ3) is 5.46. The van der Waals surface area contributed by atoms with Crippen LogP contribution in [0.5, 0.6) is 0 Å². The van der Waals surface area contributed by atoms with E-state index in [1.165, 1.54) is 12.1 Å². The Bertz CT molecular complexity index is 324. The van der Waals surface area contributed by atoms with Crippen molar-refractivity contribution in [3.63, 3.8) is 0 Å². The smallest absolute Gasteiger partial charge is 0.0795 e. The Labute approximate surface area is 116 Å². The van der Waals surface area contributed by atoms with Crippen LogP contribution in [0, 0.1) is 5.41 Å². The minimum absolute atomic E-state index is 0.328. The van der Waals surface area contributed by atoms with Gasteiger partial charge in [-0.15, -0.1) is 11.3 Å². The van der Waals surface area contributed by atoms with Gasteiger partial charge in [0.15, 0.2) is 0 Å². The zero-order valence-electron chi connectivity index (χ0n) is 12.4. The van der Waals surface area contributed by atoms with Crippen LogP contribution in [0.1, 0.15) is 39.8 Å². The van der Waals surface area contributed by atoms with E-state index in [4.69, 9.17) is 0 Å². The molecular formula is C14H27N3S. The third-order valence-electron chi connectivity index (χ3n) is 3.36. The molecule has 1 unspecified atom stereocenters. The first kappa shape index (κ1) is 15.6. The Morgan fingerprint density at radius 1 is 1.50 bits per heavy atom. The fraction of sp³-hybridized carbons (Fsp3) is 0.786. The van der Waals surface area contributed by atoms with E-state index in [1.807, 2.05) is 5.51 Å². The van der Waals surface area contributed by atoms with Crippen molar-refractivity contribution in [2.75, 3.05) is 20.1 Å². The van der Waals surface area contributed by atoms with Gasteiger partial charge in [-0.1, -0.05) is 27.7 Å². The molecule has 0 saturated carbocycles. The SMILES string of the molecule is CCC(C)(CNC(C)C)CN(C)Cc1cscn1. The minimum atomic E-state index is 0.328. The van der Waals surface area contributed by atoms with Crippen LogP contribution in [-0.2, 0) is 6.54 Å². The van der Waals surface area contributed by atoms with E-state index >= 15 is 0 Å². The third-order valence-corrected chi connectivity index (χ3v) is 3.99. The van der Waals surface area contributed by atoms with Crippen LogP contribution in [0.2, 0.25) is 0 Å². The van der Waals surface area contributed by atoms with Crippen molar-refractivity contribution in [2.24, 2.45) is 5.41 Å². The van der Waals surface area contributed by atoms with Crippen LogP contribution in [0.25, 0.3) is 0 Å². The van der Waals surface area contributed by atoms with Gasteiger partial charge in [0.05, 0.1) is 11.2 Å². The topological polar surface area (TPSA) is 28.2 Å². The number of nitrogens with zero attached hydrogens (tertiary/aromatic N) is 2.